The Morgan fingerprint density at radius 3 is 2.16 bits per heavy atom. The maximum Gasteiger partial charge on any atom is 0.254 e. The van der Waals surface area contributed by atoms with Crippen molar-refractivity contribution in [3.63, 3.8) is 0 Å². The number of nitrogens with two attached hydrogens (primary N) is 1. The minimum atomic E-state index is -0.549. The van der Waals surface area contributed by atoms with Crippen molar-refractivity contribution in [3.05, 3.63) is 55.1 Å². The molecule has 0 aliphatic carbocycles. The minimum absolute atomic E-state index is 0. The molecule has 2 unspecified atom stereocenters. The Morgan fingerprint density at radius 1 is 1.20 bits per heavy atom. The fourth-order valence-electron chi connectivity index (χ4n) is 2.17. The lowest BCUT2D eigenvalue weighted by Gasteiger charge is -2.20. The smallest absolute Gasteiger partial charge is 0.254 e. The van der Waals surface area contributed by atoms with Crippen LogP contribution in [0, 0.1) is 5.92 Å². The van der Waals surface area contributed by atoms with Gasteiger partial charge in [0.25, 0.3) is 5.91 Å². The molecule has 5 nitrogen and oxygen atoms in total. The summed E-state index contributed by atoms with van der Waals surface area (Å²) in [4.78, 5) is 26.1. The normalized spacial score (nSPS) is 12.3. The molecule has 0 saturated heterocycles. The van der Waals surface area contributed by atoms with E-state index in [2.05, 4.69) is 18.5 Å². The van der Waals surface area contributed by atoms with Gasteiger partial charge in [-0.3, -0.25) is 9.59 Å². The van der Waals surface area contributed by atoms with Crippen LogP contribution in [0.4, 0.5) is 5.69 Å². The van der Waals surface area contributed by atoms with E-state index < -0.39 is 6.04 Å². The number of nitrogens with one attached hydrogen (secondary N) is 1. The van der Waals surface area contributed by atoms with Gasteiger partial charge in [0.1, 0.15) is 0 Å². The van der Waals surface area contributed by atoms with E-state index in [1.54, 1.807) is 41.3 Å². The van der Waals surface area contributed by atoms with Crippen molar-refractivity contribution < 1.29 is 9.59 Å². The molecule has 0 aliphatic rings. The highest BCUT2D eigenvalue weighted by Crippen LogP contribution is 2.14. The van der Waals surface area contributed by atoms with Gasteiger partial charge in [-0.1, -0.05) is 32.4 Å². The van der Waals surface area contributed by atoms with Gasteiger partial charge in [-0.2, -0.15) is 0 Å². The fraction of sp³-hybridized carbons (Fsp3) is 0.368. The SMILES string of the molecule is C=CCN(CC=C)C(=O)c1ccc(NC(=O)C(N)C(C)CC)cc1.Cl. The molecule has 3 N–H and O–H groups in total. The molecule has 1 aromatic rings. The van der Waals surface area contributed by atoms with Gasteiger partial charge < -0.3 is 16.0 Å². The second-order valence-corrected chi connectivity index (χ2v) is 5.77. The van der Waals surface area contributed by atoms with E-state index >= 15 is 0 Å². The molecule has 1 aromatic carbocycles. The summed E-state index contributed by atoms with van der Waals surface area (Å²) in [6, 6.07) is 6.23. The third-order valence-electron chi connectivity index (χ3n) is 3.95. The number of halogens is 1. The van der Waals surface area contributed by atoms with Gasteiger partial charge in [0, 0.05) is 24.3 Å². The van der Waals surface area contributed by atoms with Crippen molar-refractivity contribution in [3.8, 4) is 0 Å². The summed E-state index contributed by atoms with van der Waals surface area (Å²) in [6.07, 6.45) is 4.18. The van der Waals surface area contributed by atoms with E-state index in [1.807, 2.05) is 13.8 Å². The van der Waals surface area contributed by atoms with Gasteiger partial charge in [-0.15, -0.1) is 25.6 Å². The quantitative estimate of drug-likeness (QED) is 0.659. The first kappa shape index (κ1) is 22.9. The number of nitrogens with zero attached hydrogens (tertiary/aromatic N) is 1. The monoisotopic (exact) mass is 365 g/mol. The first-order valence-electron chi connectivity index (χ1n) is 8.12. The number of anilines is 1. The Hall–Kier alpha value is -2.11. The van der Waals surface area contributed by atoms with Gasteiger partial charge >= 0.3 is 0 Å². The van der Waals surface area contributed by atoms with E-state index in [1.165, 1.54) is 0 Å². The van der Waals surface area contributed by atoms with Crippen LogP contribution in [0.1, 0.15) is 30.6 Å². The molecule has 138 valence electrons. The van der Waals surface area contributed by atoms with Gasteiger partial charge in [0.05, 0.1) is 6.04 Å². The second-order valence-electron chi connectivity index (χ2n) is 5.77. The molecule has 2 atom stereocenters. The molecule has 2 amide bonds. The van der Waals surface area contributed by atoms with Crippen molar-refractivity contribution in [1.82, 2.24) is 4.90 Å². The molecule has 6 heteroatoms. The lowest BCUT2D eigenvalue weighted by molar-refractivity contribution is -0.118. The van der Waals surface area contributed by atoms with E-state index in [9.17, 15) is 9.59 Å². The summed E-state index contributed by atoms with van der Waals surface area (Å²) in [5.74, 6) is -0.218. The summed E-state index contributed by atoms with van der Waals surface area (Å²) in [6.45, 7) is 12.2. The van der Waals surface area contributed by atoms with Crippen LogP contribution < -0.4 is 11.1 Å². The molecular weight excluding hydrogens is 338 g/mol. The zero-order chi connectivity index (χ0) is 18.1. The fourth-order valence-corrected chi connectivity index (χ4v) is 2.17. The zero-order valence-corrected chi connectivity index (χ0v) is 15.7. The molecule has 0 radical (unpaired) electrons. The van der Waals surface area contributed by atoms with Crippen molar-refractivity contribution >= 4 is 29.9 Å². The van der Waals surface area contributed by atoms with E-state index in [-0.39, 0.29) is 30.1 Å². The average Bonchev–Trinajstić information content (AvgIpc) is 2.60. The zero-order valence-electron chi connectivity index (χ0n) is 14.9. The Bertz CT molecular complexity index is 577. The van der Waals surface area contributed by atoms with Crippen molar-refractivity contribution in [1.29, 1.82) is 0 Å². The number of rotatable bonds is 9. The predicted octanol–water partition coefficient (Wildman–Crippen LogP) is 3.23. The third kappa shape index (κ3) is 6.72. The lowest BCUT2D eigenvalue weighted by atomic mass is 9.99. The number of amides is 2. The van der Waals surface area contributed by atoms with Crippen LogP contribution in [0.2, 0.25) is 0 Å². The molecule has 0 spiro atoms. The molecule has 1 rings (SSSR count). The van der Waals surface area contributed by atoms with Crippen LogP contribution in [-0.4, -0.2) is 35.8 Å². The van der Waals surface area contributed by atoms with Crippen LogP contribution in [0.15, 0.2) is 49.6 Å². The third-order valence-corrected chi connectivity index (χ3v) is 3.95. The summed E-state index contributed by atoms with van der Waals surface area (Å²) >= 11 is 0. The van der Waals surface area contributed by atoms with Crippen LogP contribution in [-0.2, 0) is 4.79 Å². The van der Waals surface area contributed by atoms with Crippen LogP contribution in [0.5, 0.6) is 0 Å². The Kier molecular flexibility index (Phi) is 10.5. The highest BCUT2D eigenvalue weighted by atomic mass is 35.5. The molecular formula is C19H28ClN3O2. The number of carbonyl (C=O) groups excluding carboxylic acids is 2. The van der Waals surface area contributed by atoms with Crippen molar-refractivity contribution in [2.45, 2.75) is 26.3 Å². The molecule has 0 fully saturated rings. The van der Waals surface area contributed by atoms with Gasteiger partial charge in [0.2, 0.25) is 5.91 Å². The molecule has 0 heterocycles. The summed E-state index contributed by atoms with van der Waals surface area (Å²) in [5, 5.41) is 2.78. The largest absolute Gasteiger partial charge is 0.331 e. The molecule has 0 bridgehead atoms. The highest BCUT2D eigenvalue weighted by molar-refractivity contribution is 5.97. The van der Waals surface area contributed by atoms with Crippen molar-refractivity contribution in [2.24, 2.45) is 11.7 Å². The van der Waals surface area contributed by atoms with Crippen LogP contribution in [0.25, 0.3) is 0 Å². The lowest BCUT2D eigenvalue weighted by Crippen LogP contribution is -2.40. The van der Waals surface area contributed by atoms with E-state index in [4.69, 9.17) is 5.73 Å². The average molecular weight is 366 g/mol. The predicted molar refractivity (Wildman–Crippen MR) is 106 cm³/mol. The van der Waals surface area contributed by atoms with Crippen LogP contribution in [0.3, 0.4) is 0 Å². The van der Waals surface area contributed by atoms with E-state index in [0.29, 0.717) is 24.3 Å². The van der Waals surface area contributed by atoms with Crippen molar-refractivity contribution in [2.75, 3.05) is 18.4 Å². The standard InChI is InChI=1S/C19H27N3O2.ClH/c1-5-12-22(13-6-2)19(24)15-8-10-16(11-9-15)21-18(23)17(20)14(4)7-3;/h5-6,8-11,14,17H,1-2,7,12-13,20H2,3-4H3,(H,21,23);1H. The van der Waals surface area contributed by atoms with Gasteiger partial charge in [-0.05, 0) is 30.2 Å². The second kappa shape index (κ2) is 11.4. The molecule has 0 saturated carbocycles. The maximum absolute atomic E-state index is 12.4. The number of benzene rings is 1. The maximum atomic E-state index is 12.4. The Labute approximate surface area is 156 Å². The topological polar surface area (TPSA) is 75.4 Å². The number of hydrogen-bond donors (Lipinski definition) is 2. The number of hydrogen-bond acceptors (Lipinski definition) is 3. The summed E-state index contributed by atoms with van der Waals surface area (Å²) < 4.78 is 0. The van der Waals surface area contributed by atoms with E-state index in [0.717, 1.165) is 6.42 Å². The molecule has 0 aromatic heterocycles. The molecule has 25 heavy (non-hydrogen) atoms. The number of carbonyl (C=O) groups is 2. The first-order chi connectivity index (χ1) is 11.4. The highest BCUT2D eigenvalue weighted by Gasteiger charge is 2.19. The Morgan fingerprint density at radius 2 is 1.72 bits per heavy atom. The summed E-state index contributed by atoms with van der Waals surface area (Å²) in [5.41, 5.74) is 7.08. The summed E-state index contributed by atoms with van der Waals surface area (Å²) in [7, 11) is 0. The van der Waals surface area contributed by atoms with Gasteiger partial charge in [0.15, 0.2) is 0 Å². The molecule has 0 aliphatic heterocycles. The first-order valence-corrected chi connectivity index (χ1v) is 8.12. The van der Waals surface area contributed by atoms with Crippen LogP contribution >= 0.6 is 12.4 Å². The minimum Gasteiger partial charge on any atom is -0.331 e. The van der Waals surface area contributed by atoms with Gasteiger partial charge in [-0.25, -0.2) is 0 Å². The Balaban J connectivity index is 0.00000576.